The van der Waals surface area contributed by atoms with Crippen LogP contribution in [0.1, 0.15) is 18.7 Å². The Morgan fingerprint density at radius 3 is 2.59 bits per heavy atom. The Hall–Kier alpha value is -2.25. The van der Waals surface area contributed by atoms with Gasteiger partial charge in [-0.15, -0.1) is 10.2 Å². The van der Waals surface area contributed by atoms with Crippen LogP contribution in [0, 0.1) is 5.92 Å². The summed E-state index contributed by atoms with van der Waals surface area (Å²) in [7, 11) is 0. The highest BCUT2D eigenvalue weighted by molar-refractivity contribution is 5.80. The zero-order valence-electron chi connectivity index (χ0n) is 15.5. The number of benzene rings is 1. The lowest BCUT2D eigenvalue weighted by atomic mass is 9.93. The Balaban J connectivity index is 1.22. The molecule has 1 aromatic heterocycles. The van der Waals surface area contributed by atoms with Gasteiger partial charge in [0.1, 0.15) is 0 Å². The summed E-state index contributed by atoms with van der Waals surface area (Å²) in [5.41, 5.74) is 1.07. The highest BCUT2D eigenvalue weighted by Crippen LogP contribution is 2.27. The number of carbonyl (C=O) groups excluding carboxylic acids is 1. The normalized spacial score (nSPS) is 21.7. The van der Waals surface area contributed by atoms with Gasteiger partial charge in [-0.05, 0) is 12.8 Å². The molecule has 7 nitrogen and oxygen atoms in total. The number of carbonyl (C=O) groups is 1. The molecule has 5 rings (SSSR count). The highest BCUT2D eigenvalue weighted by atomic mass is 16.5. The van der Waals surface area contributed by atoms with Crippen LogP contribution in [-0.4, -0.2) is 69.4 Å². The van der Waals surface area contributed by atoms with Gasteiger partial charge in [-0.1, -0.05) is 30.3 Å². The monoisotopic (exact) mass is 367 g/mol. The summed E-state index contributed by atoms with van der Waals surface area (Å²) >= 11 is 0. The van der Waals surface area contributed by atoms with Crippen molar-refractivity contribution >= 4 is 5.91 Å². The number of hydrogen-bond acceptors (Lipinski definition) is 5. The standard InChI is InChI=1S/C20H25N5O2/c26-20(16-12-24(13-16)17-6-10-27-11-7-17)23-8-9-25-18(14-23)21-22-19(25)15-4-2-1-3-5-15/h1-5,16-17H,6-14H2. The summed E-state index contributed by atoms with van der Waals surface area (Å²) in [6.07, 6.45) is 2.19. The molecule has 0 unspecified atom stereocenters. The van der Waals surface area contributed by atoms with Crippen molar-refractivity contribution in [2.45, 2.75) is 32.0 Å². The fourth-order valence-corrected chi connectivity index (χ4v) is 4.42. The van der Waals surface area contributed by atoms with Crippen LogP contribution in [0.4, 0.5) is 0 Å². The molecule has 2 aromatic rings. The second-order valence-electron chi connectivity index (χ2n) is 7.71. The molecular weight excluding hydrogens is 342 g/mol. The zero-order chi connectivity index (χ0) is 18.2. The third-order valence-corrected chi connectivity index (χ3v) is 6.06. The quantitative estimate of drug-likeness (QED) is 0.821. The van der Waals surface area contributed by atoms with Crippen LogP contribution in [0.15, 0.2) is 30.3 Å². The van der Waals surface area contributed by atoms with Crippen molar-refractivity contribution < 1.29 is 9.53 Å². The van der Waals surface area contributed by atoms with E-state index in [1.54, 1.807) is 0 Å². The molecule has 0 spiro atoms. The van der Waals surface area contributed by atoms with Crippen molar-refractivity contribution in [1.29, 1.82) is 0 Å². The van der Waals surface area contributed by atoms with E-state index in [2.05, 4.69) is 19.7 Å². The molecule has 1 aromatic carbocycles. The molecule has 0 radical (unpaired) electrons. The van der Waals surface area contributed by atoms with Gasteiger partial charge in [0.15, 0.2) is 11.6 Å². The van der Waals surface area contributed by atoms with Gasteiger partial charge in [-0.25, -0.2) is 0 Å². The van der Waals surface area contributed by atoms with Gasteiger partial charge in [0, 0.05) is 51.0 Å². The van der Waals surface area contributed by atoms with Crippen LogP contribution in [0.25, 0.3) is 11.4 Å². The molecule has 0 N–H and O–H groups in total. The lowest BCUT2D eigenvalue weighted by Crippen LogP contribution is -2.59. The number of ether oxygens (including phenoxy) is 1. The fraction of sp³-hybridized carbons (Fsp3) is 0.550. The predicted molar refractivity (Wildman–Crippen MR) is 99.8 cm³/mol. The van der Waals surface area contributed by atoms with Gasteiger partial charge in [-0.3, -0.25) is 9.69 Å². The van der Waals surface area contributed by atoms with Crippen LogP contribution in [0.3, 0.4) is 0 Å². The smallest absolute Gasteiger partial charge is 0.228 e. The first-order chi connectivity index (χ1) is 13.3. The van der Waals surface area contributed by atoms with E-state index in [9.17, 15) is 4.79 Å². The van der Waals surface area contributed by atoms with Crippen molar-refractivity contribution in [2.75, 3.05) is 32.8 Å². The van der Waals surface area contributed by atoms with Crippen molar-refractivity contribution in [2.24, 2.45) is 5.92 Å². The maximum absolute atomic E-state index is 12.9. The topological polar surface area (TPSA) is 63.5 Å². The van der Waals surface area contributed by atoms with Crippen molar-refractivity contribution in [1.82, 2.24) is 24.6 Å². The molecule has 2 saturated heterocycles. The summed E-state index contributed by atoms with van der Waals surface area (Å²) in [6, 6.07) is 10.7. The average molecular weight is 367 g/mol. The second-order valence-corrected chi connectivity index (χ2v) is 7.71. The summed E-state index contributed by atoms with van der Waals surface area (Å²) in [5, 5.41) is 8.72. The van der Waals surface area contributed by atoms with Gasteiger partial charge in [0.25, 0.3) is 0 Å². The van der Waals surface area contributed by atoms with E-state index < -0.39 is 0 Å². The molecule has 142 valence electrons. The van der Waals surface area contributed by atoms with Crippen LogP contribution in [0.5, 0.6) is 0 Å². The number of amides is 1. The number of nitrogens with zero attached hydrogens (tertiary/aromatic N) is 5. The minimum Gasteiger partial charge on any atom is -0.381 e. The number of aromatic nitrogens is 3. The van der Waals surface area contributed by atoms with E-state index in [0.717, 1.165) is 69.4 Å². The van der Waals surface area contributed by atoms with Gasteiger partial charge in [0.2, 0.25) is 5.91 Å². The first-order valence-corrected chi connectivity index (χ1v) is 9.87. The third-order valence-electron chi connectivity index (χ3n) is 6.06. The third kappa shape index (κ3) is 3.15. The van der Waals surface area contributed by atoms with Crippen LogP contribution in [0.2, 0.25) is 0 Å². The Morgan fingerprint density at radius 2 is 1.81 bits per heavy atom. The van der Waals surface area contributed by atoms with Crippen molar-refractivity contribution in [3.05, 3.63) is 36.2 Å². The van der Waals surface area contributed by atoms with Gasteiger partial charge in [-0.2, -0.15) is 0 Å². The average Bonchev–Trinajstić information content (AvgIpc) is 3.11. The SMILES string of the molecule is O=C(C1CN(C2CCOCC2)C1)N1CCn2c(nnc2-c2ccccc2)C1. The Labute approximate surface area is 158 Å². The number of fused-ring (bicyclic) bond motifs is 1. The second kappa shape index (κ2) is 7.05. The Kier molecular flexibility index (Phi) is 4.41. The van der Waals surface area contributed by atoms with Crippen LogP contribution in [-0.2, 0) is 22.6 Å². The summed E-state index contributed by atoms with van der Waals surface area (Å²) in [4.78, 5) is 17.3. The maximum atomic E-state index is 12.9. The molecule has 0 atom stereocenters. The lowest BCUT2D eigenvalue weighted by Gasteiger charge is -2.46. The Morgan fingerprint density at radius 1 is 1.04 bits per heavy atom. The molecule has 4 heterocycles. The largest absolute Gasteiger partial charge is 0.381 e. The summed E-state index contributed by atoms with van der Waals surface area (Å²) in [5.74, 6) is 2.19. The molecule has 2 fully saturated rings. The van der Waals surface area contributed by atoms with E-state index in [1.807, 2.05) is 35.2 Å². The minimum atomic E-state index is 0.135. The summed E-state index contributed by atoms with van der Waals surface area (Å²) < 4.78 is 7.59. The molecule has 3 aliphatic heterocycles. The predicted octanol–water partition coefficient (Wildman–Crippen LogP) is 1.40. The maximum Gasteiger partial charge on any atom is 0.228 e. The first-order valence-electron chi connectivity index (χ1n) is 9.87. The van der Waals surface area contributed by atoms with Gasteiger partial charge in [0.05, 0.1) is 12.5 Å². The molecule has 1 amide bonds. The molecule has 7 heteroatoms. The molecule has 0 bridgehead atoms. The number of likely N-dealkylation sites (tertiary alicyclic amines) is 1. The van der Waals surface area contributed by atoms with Gasteiger partial charge >= 0.3 is 0 Å². The van der Waals surface area contributed by atoms with Crippen molar-refractivity contribution in [3.63, 3.8) is 0 Å². The fourth-order valence-electron chi connectivity index (χ4n) is 4.42. The number of hydrogen-bond donors (Lipinski definition) is 0. The zero-order valence-corrected chi connectivity index (χ0v) is 15.5. The van der Waals surface area contributed by atoms with E-state index in [0.29, 0.717) is 12.6 Å². The molecule has 0 aliphatic carbocycles. The Bertz CT molecular complexity index is 809. The molecule has 3 aliphatic rings. The lowest BCUT2D eigenvalue weighted by molar-refractivity contribution is -0.144. The minimum absolute atomic E-state index is 0.135. The number of rotatable bonds is 3. The first kappa shape index (κ1) is 16.9. The van der Waals surface area contributed by atoms with Crippen LogP contribution < -0.4 is 0 Å². The van der Waals surface area contributed by atoms with E-state index in [1.165, 1.54) is 0 Å². The van der Waals surface area contributed by atoms with Crippen molar-refractivity contribution in [3.8, 4) is 11.4 Å². The molecular formula is C20H25N5O2. The van der Waals surface area contributed by atoms with E-state index >= 15 is 0 Å². The van der Waals surface area contributed by atoms with E-state index in [-0.39, 0.29) is 11.8 Å². The van der Waals surface area contributed by atoms with Gasteiger partial charge < -0.3 is 14.2 Å². The molecule has 27 heavy (non-hydrogen) atoms. The highest BCUT2D eigenvalue weighted by Gasteiger charge is 2.40. The summed E-state index contributed by atoms with van der Waals surface area (Å²) in [6.45, 7) is 5.54. The van der Waals surface area contributed by atoms with E-state index in [4.69, 9.17) is 4.74 Å². The molecule has 0 saturated carbocycles. The van der Waals surface area contributed by atoms with Crippen LogP contribution >= 0.6 is 0 Å².